The first-order chi connectivity index (χ1) is 14.5. The van der Waals surface area contributed by atoms with Crippen molar-refractivity contribution in [3.8, 4) is 11.3 Å². The van der Waals surface area contributed by atoms with Gasteiger partial charge in [-0.15, -0.1) is 11.3 Å². The zero-order valence-electron chi connectivity index (χ0n) is 18.3. The van der Waals surface area contributed by atoms with Crippen LogP contribution in [-0.2, 0) is 4.79 Å². The third-order valence-electron chi connectivity index (χ3n) is 5.33. The quantitative estimate of drug-likeness (QED) is 0.339. The molecule has 1 fully saturated rings. The number of aromatic nitrogens is 2. The van der Waals surface area contributed by atoms with Crippen molar-refractivity contribution in [1.29, 1.82) is 0 Å². The Morgan fingerprint density at radius 3 is 2.73 bits per heavy atom. The van der Waals surface area contributed by atoms with Crippen LogP contribution in [0.2, 0.25) is 0 Å². The van der Waals surface area contributed by atoms with E-state index >= 15 is 0 Å². The van der Waals surface area contributed by atoms with E-state index in [1.807, 2.05) is 18.3 Å². The lowest BCUT2D eigenvalue weighted by atomic mass is 10.0. The molecule has 1 saturated carbocycles. The van der Waals surface area contributed by atoms with Crippen molar-refractivity contribution < 1.29 is 4.79 Å². The molecule has 1 aliphatic rings. The van der Waals surface area contributed by atoms with E-state index in [4.69, 9.17) is 4.98 Å². The van der Waals surface area contributed by atoms with E-state index in [1.165, 1.54) is 11.1 Å². The molecule has 30 heavy (non-hydrogen) atoms. The van der Waals surface area contributed by atoms with Gasteiger partial charge in [0, 0.05) is 39.5 Å². The van der Waals surface area contributed by atoms with Crippen LogP contribution < -0.4 is 0 Å². The van der Waals surface area contributed by atoms with E-state index in [-0.39, 0.29) is 5.78 Å². The zero-order chi connectivity index (χ0) is 21.7. The topological polar surface area (TPSA) is 45.8 Å². The van der Waals surface area contributed by atoms with Gasteiger partial charge in [-0.2, -0.15) is 0 Å². The summed E-state index contributed by atoms with van der Waals surface area (Å²) < 4.78 is 0. The standard InChI is InChI=1S/C26H30N2OS/c1-6-8-10-21(19(5)29)14-23(17(3)20-12-13-20)26-28-25(16-30-26)24-15-27-18(4)22(24)11-9-7-2/h7,9-11,14-16,27H,2,6,8,12-13H2,1,3-5H3/b11-9-,21-10+,23-14+. The molecule has 3 nitrogen and oxygen atoms in total. The normalized spacial score (nSPS) is 14.5. The Morgan fingerprint density at radius 1 is 1.33 bits per heavy atom. The third-order valence-corrected chi connectivity index (χ3v) is 6.21. The van der Waals surface area contributed by atoms with Crippen molar-refractivity contribution in [2.24, 2.45) is 0 Å². The van der Waals surface area contributed by atoms with Crippen LogP contribution in [-0.4, -0.2) is 15.8 Å². The number of ketones is 1. The Bertz CT molecular complexity index is 1070. The largest absolute Gasteiger partial charge is 0.364 e. The molecule has 0 bridgehead atoms. The third kappa shape index (κ3) is 5.06. The molecule has 0 aromatic carbocycles. The fourth-order valence-corrected chi connectivity index (χ4v) is 4.26. The monoisotopic (exact) mass is 418 g/mol. The summed E-state index contributed by atoms with van der Waals surface area (Å²) in [6, 6.07) is 0. The lowest BCUT2D eigenvalue weighted by molar-refractivity contribution is -0.113. The molecule has 0 unspecified atom stereocenters. The van der Waals surface area contributed by atoms with E-state index in [9.17, 15) is 4.79 Å². The molecule has 2 aromatic heterocycles. The van der Waals surface area contributed by atoms with Crippen LogP contribution >= 0.6 is 11.3 Å². The van der Waals surface area contributed by atoms with Crippen molar-refractivity contribution in [1.82, 2.24) is 9.97 Å². The summed E-state index contributed by atoms with van der Waals surface area (Å²) in [5, 5.41) is 3.06. The van der Waals surface area contributed by atoms with Gasteiger partial charge in [0.2, 0.25) is 0 Å². The Kier molecular flexibility index (Phi) is 7.22. The summed E-state index contributed by atoms with van der Waals surface area (Å²) in [6.07, 6.45) is 16.1. The van der Waals surface area contributed by atoms with Crippen molar-refractivity contribution in [2.45, 2.75) is 53.4 Å². The molecule has 3 rings (SSSR count). The van der Waals surface area contributed by atoms with Crippen molar-refractivity contribution in [3.05, 3.63) is 75.4 Å². The number of hydrogen-bond donors (Lipinski definition) is 1. The maximum absolute atomic E-state index is 12.2. The summed E-state index contributed by atoms with van der Waals surface area (Å²) in [5.74, 6) is 0.101. The van der Waals surface area contributed by atoms with Gasteiger partial charge < -0.3 is 4.98 Å². The highest BCUT2D eigenvalue weighted by Gasteiger charge is 2.21. The second-order valence-corrected chi connectivity index (χ2v) is 8.52. The maximum atomic E-state index is 12.2. The van der Waals surface area contributed by atoms with Crippen LogP contribution in [0.25, 0.3) is 22.9 Å². The summed E-state index contributed by atoms with van der Waals surface area (Å²) in [5.41, 5.74) is 8.83. The average Bonchev–Trinajstić information content (AvgIpc) is 3.36. The summed E-state index contributed by atoms with van der Waals surface area (Å²) in [4.78, 5) is 20.5. The number of carbonyl (C=O) groups is 1. The van der Waals surface area contributed by atoms with Gasteiger partial charge in [-0.3, -0.25) is 4.79 Å². The van der Waals surface area contributed by atoms with Crippen molar-refractivity contribution in [2.75, 3.05) is 0 Å². The lowest BCUT2D eigenvalue weighted by Gasteiger charge is -2.07. The molecule has 0 aliphatic heterocycles. The molecule has 0 amide bonds. The predicted molar refractivity (Wildman–Crippen MR) is 129 cm³/mol. The van der Waals surface area contributed by atoms with Gasteiger partial charge in [-0.1, -0.05) is 49.8 Å². The van der Waals surface area contributed by atoms with Crippen molar-refractivity contribution in [3.63, 3.8) is 0 Å². The average molecular weight is 419 g/mol. The minimum atomic E-state index is 0.101. The fourth-order valence-electron chi connectivity index (χ4n) is 3.37. The highest BCUT2D eigenvalue weighted by molar-refractivity contribution is 7.11. The number of allylic oxidation sites excluding steroid dienone is 8. The van der Waals surface area contributed by atoms with Gasteiger partial charge in [0.1, 0.15) is 5.01 Å². The molecule has 2 aromatic rings. The number of aromatic amines is 1. The summed E-state index contributed by atoms with van der Waals surface area (Å²) in [7, 11) is 0. The van der Waals surface area contributed by atoms with Gasteiger partial charge in [-0.05, 0) is 51.7 Å². The van der Waals surface area contributed by atoms with E-state index in [1.54, 1.807) is 24.3 Å². The Balaban J connectivity index is 2.06. The smallest absolute Gasteiger partial charge is 0.159 e. The highest BCUT2D eigenvalue weighted by Crippen LogP contribution is 2.40. The first-order valence-corrected chi connectivity index (χ1v) is 11.4. The van der Waals surface area contributed by atoms with Crippen LogP contribution in [0.4, 0.5) is 0 Å². The summed E-state index contributed by atoms with van der Waals surface area (Å²) in [6.45, 7) is 11.8. The van der Waals surface area contributed by atoms with Crippen LogP contribution in [0, 0.1) is 6.92 Å². The van der Waals surface area contributed by atoms with E-state index in [2.05, 4.69) is 49.9 Å². The number of aryl methyl sites for hydroxylation is 1. The fraction of sp³-hybridized carbons (Fsp3) is 0.308. The minimum absolute atomic E-state index is 0.101. The molecule has 1 N–H and O–H groups in total. The van der Waals surface area contributed by atoms with Crippen molar-refractivity contribution >= 4 is 28.8 Å². The molecule has 0 radical (unpaired) electrons. The number of H-pyrrole nitrogens is 1. The lowest BCUT2D eigenvalue weighted by Crippen LogP contribution is -1.97. The van der Waals surface area contributed by atoms with E-state index in [0.717, 1.165) is 64.4 Å². The minimum Gasteiger partial charge on any atom is -0.364 e. The molecule has 0 atom stereocenters. The van der Waals surface area contributed by atoms with E-state index < -0.39 is 0 Å². The predicted octanol–water partition coefficient (Wildman–Crippen LogP) is 7.46. The van der Waals surface area contributed by atoms with Gasteiger partial charge in [-0.25, -0.2) is 4.98 Å². The van der Waals surface area contributed by atoms with Crippen LogP contribution in [0.15, 0.2) is 59.2 Å². The van der Waals surface area contributed by atoms with E-state index in [0.29, 0.717) is 0 Å². The second-order valence-electron chi connectivity index (χ2n) is 7.66. The molecule has 0 saturated heterocycles. The molecule has 156 valence electrons. The number of Topliss-reactive ketones (excluding diaryl/α,β-unsaturated/α-hetero) is 1. The van der Waals surface area contributed by atoms with Crippen LogP contribution in [0.5, 0.6) is 0 Å². The Hall–Kier alpha value is -2.72. The first kappa shape index (κ1) is 22.0. The number of carbonyl (C=O) groups excluding carboxylic acids is 1. The maximum Gasteiger partial charge on any atom is 0.159 e. The molecule has 1 aliphatic carbocycles. The van der Waals surface area contributed by atoms with Crippen LogP contribution in [0.3, 0.4) is 0 Å². The van der Waals surface area contributed by atoms with Gasteiger partial charge in [0.25, 0.3) is 0 Å². The first-order valence-electron chi connectivity index (χ1n) is 10.5. The molecule has 4 heteroatoms. The second kappa shape index (κ2) is 9.86. The number of hydrogen-bond acceptors (Lipinski definition) is 3. The number of rotatable bonds is 9. The van der Waals surface area contributed by atoms with Crippen LogP contribution in [0.1, 0.15) is 62.7 Å². The highest BCUT2D eigenvalue weighted by atomic mass is 32.1. The Morgan fingerprint density at radius 2 is 2.10 bits per heavy atom. The Labute approximate surface area is 183 Å². The number of nitrogens with zero attached hydrogens (tertiary/aromatic N) is 1. The number of thiazole rings is 1. The summed E-state index contributed by atoms with van der Waals surface area (Å²) >= 11 is 1.64. The molecular formula is C26H30N2OS. The van der Waals surface area contributed by atoms with Gasteiger partial charge >= 0.3 is 0 Å². The molecule has 2 heterocycles. The molecular weight excluding hydrogens is 388 g/mol. The van der Waals surface area contributed by atoms with Gasteiger partial charge in [0.05, 0.1) is 5.69 Å². The number of unbranched alkanes of at least 4 members (excludes halogenated alkanes) is 1. The molecule has 0 spiro atoms. The van der Waals surface area contributed by atoms with Gasteiger partial charge in [0.15, 0.2) is 5.78 Å². The number of nitrogens with one attached hydrogen (secondary N) is 1. The zero-order valence-corrected chi connectivity index (χ0v) is 19.2. The SMILES string of the molecule is C=C/C=C\c1c(-c2csc(/C(=C/C(=C\CCC)C(C)=O)C(C)=C3CC3)n2)c[nH]c1C.